The summed E-state index contributed by atoms with van der Waals surface area (Å²) in [6.45, 7) is 2.71. The van der Waals surface area contributed by atoms with E-state index in [0.717, 1.165) is 30.4 Å². The topological polar surface area (TPSA) is 84.6 Å². The number of nitrogens with one attached hydrogen (secondary N) is 1. The van der Waals surface area contributed by atoms with Gasteiger partial charge < -0.3 is 20.9 Å². The number of phenols is 1. The van der Waals surface area contributed by atoms with Gasteiger partial charge in [0.25, 0.3) is 0 Å². The van der Waals surface area contributed by atoms with E-state index in [1.54, 1.807) is 6.07 Å². The quantitative estimate of drug-likeness (QED) is 0.742. The van der Waals surface area contributed by atoms with Crippen LogP contribution in [0.3, 0.4) is 0 Å². The molecule has 1 heterocycles. The molecule has 0 aliphatic carbocycles. The van der Waals surface area contributed by atoms with Crippen LogP contribution in [-0.2, 0) is 4.74 Å². The van der Waals surface area contributed by atoms with Crippen molar-refractivity contribution in [2.45, 2.75) is 32.3 Å². The van der Waals surface area contributed by atoms with Gasteiger partial charge in [-0.3, -0.25) is 0 Å². The summed E-state index contributed by atoms with van der Waals surface area (Å²) in [7, 11) is 0. The number of aryl methyl sites for hydroxylation is 1. The van der Waals surface area contributed by atoms with Crippen LogP contribution in [0, 0.1) is 6.92 Å². The molecule has 126 valence electrons. The van der Waals surface area contributed by atoms with Gasteiger partial charge in [-0.15, -0.1) is 0 Å². The lowest BCUT2D eigenvalue weighted by molar-refractivity contribution is 0.0140. The van der Waals surface area contributed by atoms with Crippen LogP contribution in [0.5, 0.6) is 5.75 Å². The normalized spacial score (nSPS) is 17.5. The zero-order valence-corrected chi connectivity index (χ0v) is 13.7. The third kappa shape index (κ3) is 3.36. The average molecular weight is 326 g/mol. The number of carbonyl (C=O) groups is 1. The summed E-state index contributed by atoms with van der Waals surface area (Å²) in [5.74, 6) is 0.0266. The fourth-order valence-corrected chi connectivity index (χ4v) is 3.12. The molecule has 24 heavy (non-hydrogen) atoms. The smallest absolute Gasteiger partial charge is 0.316 e. The lowest BCUT2D eigenvalue weighted by Crippen LogP contribution is -2.20. The molecule has 1 atom stereocenters. The van der Waals surface area contributed by atoms with Gasteiger partial charge in [0.1, 0.15) is 5.75 Å². The van der Waals surface area contributed by atoms with Crippen molar-refractivity contribution in [1.29, 1.82) is 0 Å². The molecule has 0 radical (unpaired) electrons. The van der Waals surface area contributed by atoms with E-state index in [0.29, 0.717) is 17.9 Å². The Morgan fingerprint density at radius 1 is 1.21 bits per heavy atom. The second-order valence-corrected chi connectivity index (χ2v) is 6.13. The van der Waals surface area contributed by atoms with Crippen molar-refractivity contribution in [3.05, 3.63) is 47.5 Å². The molecule has 0 aromatic heterocycles. The van der Waals surface area contributed by atoms with Crippen molar-refractivity contribution in [2.24, 2.45) is 5.73 Å². The Morgan fingerprint density at radius 3 is 2.58 bits per heavy atom. The number of anilines is 1. The fraction of sp³-hybridized carbons (Fsp3) is 0.316. The molecule has 0 spiro atoms. The third-order valence-electron chi connectivity index (χ3n) is 4.34. The number of ether oxygens (including phenoxy) is 1. The van der Waals surface area contributed by atoms with Crippen LogP contribution in [0.15, 0.2) is 36.4 Å². The van der Waals surface area contributed by atoms with Gasteiger partial charge in [-0.1, -0.05) is 35.9 Å². The van der Waals surface area contributed by atoms with Gasteiger partial charge >= 0.3 is 6.03 Å². The second kappa shape index (κ2) is 6.93. The maximum absolute atomic E-state index is 11.2. The molecule has 0 saturated carbocycles. The molecule has 2 aromatic rings. The third-order valence-corrected chi connectivity index (χ3v) is 4.34. The van der Waals surface area contributed by atoms with Crippen LogP contribution in [0.2, 0.25) is 0 Å². The van der Waals surface area contributed by atoms with Gasteiger partial charge in [0, 0.05) is 12.2 Å². The van der Waals surface area contributed by atoms with Crippen LogP contribution < -0.4 is 11.1 Å². The molecule has 1 aliphatic heterocycles. The molecule has 3 rings (SSSR count). The monoisotopic (exact) mass is 326 g/mol. The summed E-state index contributed by atoms with van der Waals surface area (Å²) in [5.41, 5.74) is 9.30. The van der Waals surface area contributed by atoms with Gasteiger partial charge in [0.15, 0.2) is 0 Å². The van der Waals surface area contributed by atoms with Crippen molar-refractivity contribution in [3.63, 3.8) is 0 Å². The van der Waals surface area contributed by atoms with Crippen molar-refractivity contribution < 1.29 is 14.6 Å². The number of carbonyl (C=O) groups excluding carboxylic acids is 1. The van der Waals surface area contributed by atoms with Gasteiger partial charge in [-0.05, 0) is 43.4 Å². The molecule has 4 N–H and O–H groups in total. The molecule has 2 amide bonds. The number of hydrogen-bond donors (Lipinski definition) is 3. The highest BCUT2D eigenvalue weighted by Gasteiger charge is 2.25. The number of aromatic hydroxyl groups is 1. The van der Waals surface area contributed by atoms with Gasteiger partial charge in [-0.2, -0.15) is 0 Å². The fourth-order valence-electron chi connectivity index (χ4n) is 3.12. The van der Waals surface area contributed by atoms with Crippen molar-refractivity contribution in [1.82, 2.24) is 0 Å². The van der Waals surface area contributed by atoms with Crippen molar-refractivity contribution in [2.75, 3.05) is 11.9 Å². The Bertz CT molecular complexity index is 735. The Labute approximate surface area is 141 Å². The summed E-state index contributed by atoms with van der Waals surface area (Å²) in [6, 6.07) is 11.0. The molecule has 1 saturated heterocycles. The van der Waals surface area contributed by atoms with Crippen molar-refractivity contribution in [3.8, 4) is 16.9 Å². The highest BCUT2D eigenvalue weighted by Crippen LogP contribution is 2.43. The first-order chi connectivity index (χ1) is 11.6. The first-order valence-electron chi connectivity index (χ1n) is 8.17. The molecular formula is C19H22N2O3. The number of benzene rings is 2. The Morgan fingerprint density at radius 2 is 1.96 bits per heavy atom. The lowest BCUT2D eigenvalue weighted by Gasteiger charge is -2.27. The first kappa shape index (κ1) is 16.3. The maximum atomic E-state index is 11.2. The predicted molar refractivity (Wildman–Crippen MR) is 94.0 cm³/mol. The molecule has 2 aromatic carbocycles. The van der Waals surface area contributed by atoms with E-state index in [2.05, 4.69) is 5.32 Å². The van der Waals surface area contributed by atoms with E-state index in [4.69, 9.17) is 10.5 Å². The number of nitrogens with two attached hydrogens (primary N) is 1. The van der Waals surface area contributed by atoms with E-state index in [1.807, 2.05) is 37.3 Å². The Hall–Kier alpha value is -2.53. The maximum Gasteiger partial charge on any atom is 0.316 e. The number of urea groups is 1. The van der Waals surface area contributed by atoms with Crippen LogP contribution in [0.25, 0.3) is 11.1 Å². The molecular weight excluding hydrogens is 304 g/mol. The molecule has 0 bridgehead atoms. The highest BCUT2D eigenvalue weighted by molar-refractivity contribution is 5.91. The average Bonchev–Trinajstić information content (AvgIpc) is 2.58. The molecule has 5 nitrogen and oxygen atoms in total. The van der Waals surface area contributed by atoms with E-state index in [1.165, 1.54) is 5.56 Å². The molecule has 1 unspecified atom stereocenters. The highest BCUT2D eigenvalue weighted by atomic mass is 16.5. The lowest BCUT2D eigenvalue weighted by atomic mass is 9.91. The Balaban J connectivity index is 2.11. The molecule has 5 heteroatoms. The summed E-state index contributed by atoms with van der Waals surface area (Å²) in [5, 5.41) is 13.2. The number of rotatable bonds is 3. The number of amides is 2. The molecule has 1 fully saturated rings. The molecule has 1 aliphatic rings. The van der Waals surface area contributed by atoms with Gasteiger partial charge in [0.05, 0.1) is 11.8 Å². The van der Waals surface area contributed by atoms with Crippen LogP contribution in [-0.4, -0.2) is 17.7 Å². The summed E-state index contributed by atoms with van der Waals surface area (Å²) in [4.78, 5) is 11.2. The summed E-state index contributed by atoms with van der Waals surface area (Å²) < 4.78 is 5.89. The SMILES string of the molecule is Cc1ccc(-c2ccc(NC(N)=O)c(O)c2C2CCCCO2)cc1. The van der Waals surface area contributed by atoms with Gasteiger partial charge in [-0.25, -0.2) is 4.79 Å². The number of primary amides is 1. The standard InChI is InChI=1S/C19H22N2O3/c1-12-5-7-13(8-6-12)14-9-10-15(21-19(20)23)18(22)17(14)16-4-2-3-11-24-16/h5-10,16,22H,2-4,11H2,1H3,(H3,20,21,23). The largest absolute Gasteiger partial charge is 0.505 e. The Kier molecular flexibility index (Phi) is 4.71. The van der Waals surface area contributed by atoms with E-state index in [-0.39, 0.29) is 11.9 Å². The minimum absolute atomic E-state index is 0.0266. The second-order valence-electron chi connectivity index (χ2n) is 6.13. The zero-order chi connectivity index (χ0) is 17.1. The first-order valence-corrected chi connectivity index (χ1v) is 8.17. The number of hydrogen-bond acceptors (Lipinski definition) is 3. The zero-order valence-electron chi connectivity index (χ0n) is 13.7. The van der Waals surface area contributed by atoms with E-state index in [9.17, 15) is 9.90 Å². The van der Waals surface area contributed by atoms with Crippen LogP contribution in [0.1, 0.15) is 36.5 Å². The van der Waals surface area contributed by atoms with Crippen LogP contribution >= 0.6 is 0 Å². The van der Waals surface area contributed by atoms with E-state index >= 15 is 0 Å². The summed E-state index contributed by atoms with van der Waals surface area (Å²) in [6.07, 6.45) is 2.72. The summed E-state index contributed by atoms with van der Waals surface area (Å²) >= 11 is 0. The van der Waals surface area contributed by atoms with Crippen molar-refractivity contribution >= 4 is 11.7 Å². The van der Waals surface area contributed by atoms with Crippen LogP contribution in [0.4, 0.5) is 10.5 Å². The minimum Gasteiger partial charge on any atom is -0.505 e. The minimum atomic E-state index is -0.705. The van der Waals surface area contributed by atoms with E-state index < -0.39 is 6.03 Å². The predicted octanol–water partition coefficient (Wildman–Crippen LogP) is 4.10. The number of phenolic OH excluding ortho intramolecular Hbond substituents is 1. The van der Waals surface area contributed by atoms with Gasteiger partial charge in [0.2, 0.25) is 0 Å².